The third-order valence-electron chi connectivity index (χ3n) is 3.22. The molecule has 1 aromatic rings. The van der Waals surface area contributed by atoms with Crippen molar-refractivity contribution < 1.29 is 0 Å². The van der Waals surface area contributed by atoms with E-state index in [1.165, 1.54) is 19.3 Å². The molecule has 1 aromatic heterocycles. The van der Waals surface area contributed by atoms with E-state index in [9.17, 15) is 0 Å². The van der Waals surface area contributed by atoms with Crippen LogP contribution in [0.15, 0.2) is 0 Å². The number of aromatic nitrogens is 1. The minimum atomic E-state index is 0.460. The summed E-state index contributed by atoms with van der Waals surface area (Å²) in [5.41, 5.74) is 0. The second-order valence-electron chi connectivity index (χ2n) is 4.18. The van der Waals surface area contributed by atoms with Crippen LogP contribution in [0.4, 0.5) is 5.13 Å². The minimum absolute atomic E-state index is 0.460. The molecular weight excluding hydrogens is 263 g/mol. The van der Waals surface area contributed by atoms with Gasteiger partial charge >= 0.3 is 0 Å². The Labute approximate surface area is 111 Å². The number of rotatable bonds is 3. The van der Waals surface area contributed by atoms with Gasteiger partial charge in [0.1, 0.15) is 5.15 Å². The molecule has 0 spiro atoms. The first-order chi connectivity index (χ1) is 7.74. The van der Waals surface area contributed by atoms with Gasteiger partial charge in [-0.3, -0.25) is 0 Å². The average molecular weight is 279 g/mol. The molecule has 0 saturated carbocycles. The van der Waals surface area contributed by atoms with E-state index in [2.05, 4.69) is 16.8 Å². The monoisotopic (exact) mass is 278 g/mol. The third kappa shape index (κ3) is 2.63. The Balaban J connectivity index is 2.02. The van der Waals surface area contributed by atoms with E-state index in [1.807, 2.05) is 0 Å². The lowest BCUT2D eigenvalue weighted by Gasteiger charge is -2.31. The molecule has 1 aliphatic rings. The lowest BCUT2D eigenvalue weighted by atomic mass is 9.95. The summed E-state index contributed by atoms with van der Waals surface area (Å²) in [5.74, 6) is 1.35. The predicted octanol–water partition coefficient (Wildman–Crippen LogP) is 4.16. The molecule has 0 bridgehead atoms. The molecule has 1 fully saturated rings. The van der Waals surface area contributed by atoms with Gasteiger partial charge in [0.15, 0.2) is 5.13 Å². The molecular formula is C11H16Cl2N2S. The molecule has 0 aliphatic carbocycles. The van der Waals surface area contributed by atoms with Gasteiger partial charge in [-0.2, -0.15) is 0 Å². The van der Waals surface area contributed by atoms with E-state index < -0.39 is 0 Å². The maximum absolute atomic E-state index is 6.01. The largest absolute Gasteiger partial charge is 0.348 e. The molecule has 1 saturated heterocycles. The van der Waals surface area contributed by atoms with Gasteiger partial charge in [0, 0.05) is 13.1 Å². The second-order valence-corrected chi connectivity index (χ2v) is 5.87. The maximum atomic E-state index is 6.01. The van der Waals surface area contributed by atoms with Gasteiger partial charge in [0.2, 0.25) is 0 Å². The van der Waals surface area contributed by atoms with E-state index in [-0.39, 0.29) is 0 Å². The Morgan fingerprint density at radius 3 is 2.62 bits per heavy atom. The van der Waals surface area contributed by atoms with Crippen molar-refractivity contribution in [2.75, 3.05) is 18.0 Å². The van der Waals surface area contributed by atoms with Crippen molar-refractivity contribution in [3.8, 4) is 0 Å². The number of nitrogens with zero attached hydrogens (tertiary/aromatic N) is 2. The van der Waals surface area contributed by atoms with Crippen LogP contribution < -0.4 is 4.90 Å². The van der Waals surface area contributed by atoms with Crippen LogP contribution >= 0.6 is 34.5 Å². The average Bonchev–Trinajstić information content (AvgIpc) is 2.71. The Morgan fingerprint density at radius 1 is 1.44 bits per heavy atom. The quantitative estimate of drug-likeness (QED) is 0.772. The highest BCUT2D eigenvalue weighted by molar-refractivity contribution is 7.16. The van der Waals surface area contributed by atoms with Crippen molar-refractivity contribution in [3.63, 3.8) is 0 Å². The summed E-state index contributed by atoms with van der Waals surface area (Å²) in [6.07, 6.45) is 3.83. The van der Waals surface area contributed by atoms with Crippen LogP contribution in [-0.4, -0.2) is 18.1 Å². The molecule has 0 atom stereocenters. The molecule has 2 nitrogen and oxygen atoms in total. The molecule has 16 heavy (non-hydrogen) atoms. The minimum Gasteiger partial charge on any atom is -0.348 e. The van der Waals surface area contributed by atoms with Crippen LogP contribution in [0.2, 0.25) is 5.15 Å². The van der Waals surface area contributed by atoms with Crippen LogP contribution in [0, 0.1) is 5.92 Å². The van der Waals surface area contributed by atoms with Crippen molar-refractivity contribution in [1.29, 1.82) is 0 Å². The molecule has 2 heterocycles. The van der Waals surface area contributed by atoms with E-state index in [0.717, 1.165) is 29.0 Å². The first kappa shape index (κ1) is 12.5. The summed E-state index contributed by atoms with van der Waals surface area (Å²) in [6.45, 7) is 4.47. The number of hydrogen-bond acceptors (Lipinski definition) is 3. The fourth-order valence-electron chi connectivity index (χ4n) is 2.07. The van der Waals surface area contributed by atoms with E-state index in [0.29, 0.717) is 11.0 Å². The lowest BCUT2D eigenvalue weighted by molar-refractivity contribution is 0.395. The topological polar surface area (TPSA) is 16.1 Å². The van der Waals surface area contributed by atoms with Gasteiger partial charge < -0.3 is 4.90 Å². The summed E-state index contributed by atoms with van der Waals surface area (Å²) in [4.78, 5) is 7.70. The van der Waals surface area contributed by atoms with E-state index in [1.54, 1.807) is 11.3 Å². The van der Waals surface area contributed by atoms with Gasteiger partial charge in [-0.15, -0.1) is 11.6 Å². The molecule has 1 aliphatic heterocycles. The highest BCUT2D eigenvalue weighted by Gasteiger charge is 2.21. The highest BCUT2D eigenvalue weighted by Crippen LogP contribution is 2.33. The maximum Gasteiger partial charge on any atom is 0.187 e. The van der Waals surface area contributed by atoms with Gasteiger partial charge in [0.05, 0.1) is 10.8 Å². The van der Waals surface area contributed by atoms with Crippen LogP contribution in [0.25, 0.3) is 0 Å². The predicted molar refractivity (Wildman–Crippen MR) is 71.9 cm³/mol. The zero-order chi connectivity index (χ0) is 11.5. The highest BCUT2D eigenvalue weighted by atomic mass is 35.5. The fourth-order valence-corrected chi connectivity index (χ4v) is 3.60. The van der Waals surface area contributed by atoms with Gasteiger partial charge in [0.25, 0.3) is 0 Å². The first-order valence-electron chi connectivity index (χ1n) is 5.70. The summed E-state index contributed by atoms with van der Waals surface area (Å²) >= 11 is 13.4. The Kier molecular flexibility index (Phi) is 4.34. The van der Waals surface area contributed by atoms with Gasteiger partial charge in [-0.25, -0.2) is 4.98 Å². The van der Waals surface area contributed by atoms with Crippen molar-refractivity contribution in [3.05, 3.63) is 10.0 Å². The zero-order valence-electron chi connectivity index (χ0n) is 9.38. The van der Waals surface area contributed by atoms with E-state index >= 15 is 0 Å². The van der Waals surface area contributed by atoms with Crippen molar-refractivity contribution in [1.82, 2.24) is 4.98 Å². The lowest BCUT2D eigenvalue weighted by Crippen LogP contribution is -2.33. The van der Waals surface area contributed by atoms with Crippen molar-refractivity contribution in [2.24, 2.45) is 5.92 Å². The second kappa shape index (κ2) is 5.56. The summed E-state index contributed by atoms with van der Waals surface area (Å²) in [7, 11) is 0. The van der Waals surface area contributed by atoms with Crippen molar-refractivity contribution >= 4 is 39.7 Å². The molecule has 90 valence electrons. The summed E-state index contributed by atoms with van der Waals surface area (Å²) < 4.78 is 0. The Bertz CT molecular complexity index is 346. The molecule has 0 amide bonds. The van der Waals surface area contributed by atoms with Crippen LogP contribution in [0.3, 0.4) is 0 Å². The smallest absolute Gasteiger partial charge is 0.187 e. The number of thiazole rings is 1. The van der Waals surface area contributed by atoms with Gasteiger partial charge in [-0.05, 0) is 18.8 Å². The SMILES string of the molecule is CCC1CCN(c2nc(Cl)c(CCl)s2)CC1. The summed E-state index contributed by atoms with van der Waals surface area (Å²) in [6, 6.07) is 0. The zero-order valence-corrected chi connectivity index (χ0v) is 11.7. The molecule has 0 radical (unpaired) electrons. The number of alkyl halides is 1. The number of hydrogen-bond donors (Lipinski definition) is 0. The normalized spacial score (nSPS) is 18.1. The molecule has 0 N–H and O–H groups in total. The molecule has 0 unspecified atom stereocenters. The standard InChI is InChI=1S/C11H16Cl2N2S/c1-2-8-3-5-15(6-4-8)11-14-10(13)9(7-12)16-11/h8H,2-7H2,1H3. The van der Waals surface area contributed by atoms with Crippen LogP contribution in [0.1, 0.15) is 31.1 Å². The van der Waals surface area contributed by atoms with Crippen LogP contribution in [0.5, 0.6) is 0 Å². The fraction of sp³-hybridized carbons (Fsp3) is 0.727. The number of anilines is 1. The van der Waals surface area contributed by atoms with E-state index in [4.69, 9.17) is 23.2 Å². The van der Waals surface area contributed by atoms with Crippen LogP contribution in [-0.2, 0) is 5.88 Å². The Hall–Kier alpha value is 0.01000. The number of halogens is 2. The molecule has 2 rings (SSSR count). The number of piperidine rings is 1. The molecule has 0 aromatic carbocycles. The third-order valence-corrected chi connectivity index (χ3v) is 5.19. The Morgan fingerprint density at radius 2 is 2.12 bits per heavy atom. The van der Waals surface area contributed by atoms with Gasteiger partial charge in [-0.1, -0.05) is 36.3 Å². The first-order valence-corrected chi connectivity index (χ1v) is 7.43. The van der Waals surface area contributed by atoms with Crippen molar-refractivity contribution in [2.45, 2.75) is 32.1 Å². The summed E-state index contributed by atoms with van der Waals surface area (Å²) in [5, 5.41) is 1.61. The molecule has 5 heteroatoms.